The van der Waals surface area contributed by atoms with Gasteiger partial charge in [0.2, 0.25) is 0 Å². The Morgan fingerprint density at radius 3 is 1.89 bits per heavy atom. The highest BCUT2D eigenvalue weighted by Gasteiger charge is 2.20. The van der Waals surface area contributed by atoms with E-state index in [0.717, 1.165) is 30.3 Å². The van der Waals surface area contributed by atoms with E-state index < -0.39 is 0 Å². The van der Waals surface area contributed by atoms with E-state index in [2.05, 4.69) is 40.6 Å². The second-order valence-corrected chi connectivity index (χ2v) is 6.99. The van der Waals surface area contributed by atoms with E-state index >= 15 is 0 Å². The molecule has 1 saturated heterocycles. The average molecular weight is 362 g/mol. The highest BCUT2D eigenvalue weighted by Crippen LogP contribution is 2.37. The van der Waals surface area contributed by atoms with Gasteiger partial charge in [-0.05, 0) is 79.5 Å². The first kappa shape index (κ1) is 17.7. The lowest BCUT2D eigenvalue weighted by Crippen LogP contribution is -2.26. The number of ether oxygens (including phenoxy) is 2. The normalized spacial score (nSPS) is 14.9. The summed E-state index contributed by atoms with van der Waals surface area (Å²) in [4.78, 5) is 3.73. The zero-order valence-electron chi connectivity index (χ0n) is 15.9. The second-order valence-electron chi connectivity index (χ2n) is 6.99. The van der Waals surface area contributed by atoms with Crippen molar-refractivity contribution < 1.29 is 9.47 Å². The Kier molecular flexibility index (Phi) is 5.16. The Labute approximate surface area is 160 Å². The van der Waals surface area contributed by atoms with E-state index in [0.29, 0.717) is 5.92 Å². The van der Waals surface area contributed by atoms with Gasteiger partial charge in [0.1, 0.15) is 11.5 Å². The van der Waals surface area contributed by atoms with E-state index in [9.17, 15) is 0 Å². The summed E-state index contributed by atoms with van der Waals surface area (Å²) in [7, 11) is 3.39. The number of rotatable bonds is 5. The Morgan fingerprint density at radius 1 is 0.778 bits per heavy atom. The molecule has 0 spiro atoms. The molecule has 140 valence electrons. The van der Waals surface area contributed by atoms with Gasteiger partial charge in [0.15, 0.2) is 0 Å². The molecule has 0 atom stereocenters. The Hall–Kier alpha value is -2.72. The number of methoxy groups -OCH3 is 2. The van der Waals surface area contributed by atoms with Crippen LogP contribution in [0.15, 0.2) is 54.6 Å². The van der Waals surface area contributed by atoms with Gasteiger partial charge in [0, 0.05) is 17.2 Å². The fraction of sp³-hybridized carbons (Fsp3) is 0.304. The van der Waals surface area contributed by atoms with E-state index in [-0.39, 0.29) is 0 Å². The number of H-pyrrole nitrogens is 1. The van der Waals surface area contributed by atoms with Crippen molar-refractivity contribution in [3.63, 3.8) is 0 Å². The van der Waals surface area contributed by atoms with Crippen LogP contribution in [0.4, 0.5) is 0 Å². The maximum Gasteiger partial charge on any atom is 0.118 e. The standard InChI is InChI=1S/C23H26N2O2/c1-26-19-7-3-16(4-8-19)21-15-22(17-11-13-24-14-12-17)25-23(21)18-5-9-20(27-2)10-6-18/h3-10,15,17,24-25H,11-14H2,1-2H3. The Balaban J connectivity index is 1.77. The molecule has 4 nitrogen and oxygen atoms in total. The topological polar surface area (TPSA) is 46.3 Å². The van der Waals surface area contributed by atoms with Gasteiger partial charge in [0.05, 0.1) is 19.9 Å². The lowest BCUT2D eigenvalue weighted by molar-refractivity contribution is 0.414. The Bertz CT molecular complexity index is 811. The van der Waals surface area contributed by atoms with Crippen molar-refractivity contribution in [3.8, 4) is 33.9 Å². The number of benzene rings is 2. The maximum atomic E-state index is 5.32. The third-order valence-corrected chi connectivity index (χ3v) is 5.40. The van der Waals surface area contributed by atoms with Crippen LogP contribution in [0.5, 0.6) is 11.5 Å². The summed E-state index contributed by atoms with van der Waals surface area (Å²) < 4.78 is 10.6. The molecular formula is C23H26N2O2. The van der Waals surface area contributed by atoms with Gasteiger partial charge in [-0.15, -0.1) is 0 Å². The van der Waals surface area contributed by atoms with Crippen molar-refractivity contribution >= 4 is 0 Å². The molecule has 2 aromatic carbocycles. The van der Waals surface area contributed by atoms with Crippen molar-refractivity contribution in [1.29, 1.82) is 0 Å². The van der Waals surface area contributed by atoms with Crippen LogP contribution in [-0.4, -0.2) is 32.3 Å². The first-order valence-electron chi connectivity index (χ1n) is 9.51. The van der Waals surface area contributed by atoms with Gasteiger partial charge >= 0.3 is 0 Å². The molecule has 2 heterocycles. The molecule has 4 rings (SSSR count). The molecule has 0 aliphatic carbocycles. The molecule has 0 amide bonds. The summed E-state index contributed by atoms with van der Waals surface area (Å²) in [6.07, 6.45) is 2.34. The zero-order chi connectivity index (χ0) is 18.6. The van der Waals surface area contributed by atoms with Gasteiger partial charge in [-0.2, -0.15) is 0 Å². The SMILES string of the molecule is COc1ccc(-c2cc(C3CCNCC3)[nH]c2-c2ccc(OC)cc2)cc1. The minimum Gasteiger partial charge on any atom is -0.497 e. The van der Waals surface area contributed by atoms with Crippen LogP contribution < -0.4 is 14.8 Å². The molecule has 2 N–H and O–H groups in total. The monoisotopic (exact) mass is 362 g/mol. The molecule has 1 aliphatic heterocycles. The molecule has 0 unspecified atom stereocenters. The predicted octanol–water partition coefficient (Wildman–Crippen LogP) is 4.83. The maximum absolute atomic E-state index is 5.32. The largest absolute Gasteiger partial charge is 0.497 e. The number of aromatic amines is 1. The lowest BCUT2D eigenvalue weighted by Gasteiger charge is -2.21. The zero-order valence-corrected chi connectivity index (χ0v) is 15.9. The predicted molar refractivity (Wildman–Crippen MR) is 110 cm³/mol. The minimum absolute atomic E-state index is 0.579. The molecule has 1 fully saturated rings. The molecule has 0 saturated carbocycles. The van der Waals surface area contributed by atoms with Gasteiger partial charge in [-0.25, -0.2) is 0 Å². The Morgan fingerprint density at radius 2 is 1.33 bits per heavy atom. The first-order valence-corrected chi connectivity index (χ1v) is 9.51. The third-order valence-electron chi connectivity index (χ3n) is 5.40. The van der Waals surface area contributed by atoms with Gasteiger partial charge < -0.3 is 19.8 Å². The van der Waals surface area contributed by atoms with Crippen molar-refractivity contribution in [3.05, 3.63) is 60.3 Å². The highest BCUT2D eigenvalue weighted by molar-refractivity contribution is 5.82. The second kappa shape index (κ2) is 7.89. The summed E-state index contributed by atoms with van der Waals surface area (Å²) >= 11 is 0. The van der Waals surface area contributed by atoms with Crippen molar-refractivity contribution in [2.24, 2.45) is 0 Å². The van der Waals surface area contributed by atoms with Crippen LogP contribution in [-0.2, 0) is 0 Å². The van der Waals surface area contributed by atoms with Crippen LogP contribution in [0.2, 0.25) is 0 Å². The summed E-state index contributed by atoms with van der Waals surface area (Å²) in [5.41, 5.74) is 6.08. The lowest BCUT2D eigenvalue weighted by atomic mass is 9.94. The molecule has 1 aromatic heterocycles. The summed E-state index contributed by atoms with van der Waals surface area (Å²) in [5.74, 6) is 2.32. The highest BCUT2D eigenvalue weighted by atomic mass is 16.5. The summed E-state index contributed by atoms with van der Waals surface area (Å²) in [5, 5.41) is 3.45. The molecular weight excluding hydrogens is 336 g/mol. The fourth-order valence-electron chi connectivity index (χ4n) is 3.81. The molecule has 0 bridgehead atoms. The van der Waals surface area contributed by atoms with Crippen molar-refractivity contribution in [2.45, 2.75) is 18.8 Å². The number of hydrogen-bond donors (Lipinski definition) is 2. The van der Waals surface area contributed by atoms with Crippen molar-refractivity contribution in [2.75, 3.05) is 27.3 Å². The van der Waals surface area contributed by atoms with Crippen LogP contribution in [0, 0.1) is 0 Å². The van der Waals surface area contributed by atoms with Gasteiger partial charge in [-0.3, -0.25) is 0 Å². The van der Waals surface area contributed by atoms with Gasteiger partial charge in [-0.1, -0.05) is 12.1 Å². The van der Waals surface area contributed by atoms with Gasteiger partial charge in [0.25, 0.3) is 0 Å². The van der Waals surface area contributed by atoms with E-state index in [1.54, 1.807) is 14.2 Å². The molecule has 4 heteroatoms. The fourth-order valence-corrected chi connectivity index (χ4v) is 3.81. The van der Waals surface area contributed by atoms with Crippen LogP contribution in [0.3, 0.4) is 0 Å². The van der Waals surface area contributed by atoms with E-state index in [4.69, 9.17) is 9.47 Å². The number of nitrogens with one attached hydrogen (secondary N) is 2. The van der Waals surface area contributed by atoms with E-state index in [1.165, 1.54) is 35.2 Å². The molecule has 1 aliphatic rings. The summed E-state index contributed by atoms with van der Waals surface area (Å²) in [6, 6.07) is 18.9. The molecule has 0 radical (unpaired) electrons. The number of hydrogen-bond acceptors (Lipinski definition) is 3. The molecule has 3 aromatic rings. The van der Waals surface area contributed by atoms with Crippen LogP contribution in [0.25, 0.3) is 22.4 Å². The number of aromatic nitrogens is 1. The minimum atomic E-state index is 0.579. The third kappa shape index (κ3) is 3.71. The van der Waals surface area contributed by atoms with Crippen LogP contribution >= 0.6 is 0 Å². The molecule has 27 heavy (non-hydrogen) atoms. The van der Waals surface area contributed by atoms with Crippen LogP contribution in [0.1, 0.15) is 24.5 Å². The smallest absolute Gasteiger partial charge is 0.118 e. The quantitative estimate of drug-likeness (QED) is 0.683. The number of piperidine rings is 1. The summed E-state index contributed by atoms with van der Waals surface area (Å²) in [6.45, 7) is 2.17. The van der Waals surface area contributed by atoms with E-state index in [1.807, 2.05) is 24.3 Å². The van der Waals surface area contributed by atoms with Crippen molar-refractivity contribution in [1.82, 2.24) is 10.3 Å². The average Bonchev–Trinajstić information content (AvgIpc) is 3.20. The first-order chi connectivity index (χ1) is 13.3.